The second-order valence-electron chi connectivity index (χ2n) is 5.04. The monoisotopic (exact) mass is 277 g/mol. The minimum absolute atomic E-state index is 0.0414. The minimum Gasteiger partial charge on any atom is -0.496 e. The summed E-state index contributed by atoms with van der Waals surface area (Å²) in [7, 11) is 1.55. The van der Waals surface area contributed by atoms with Crippen LogP contribution in [0.1, 0.15) is 29.6 Å². The second kappa shape index (κ2) is 6.41. The van der Waals surface area contributed by atoms with Gasteiger partial charge in [0.05, 0.1) is 12.7 Å². The highest BCUT2D eigenvalue weighted by molar-refractivity contribution is 5.97. The van der Waals surface area contributed by atoms with Gasteiger partial charge in [0, 0.05) is 19.5 Å². The van der Waals surface area contributed by atoms with Crippen molar-refractivity contribution in [3.63, 3.8) is 0 Å². The number of carbonyl (C=O) groups is 2. The first kappa shape index (κ1) is 14.4. The molecule has 1 unspecified atom stereocenters. The van der Waals surface area contributed by atoms with Crippen LogP contribution in [0.4, 0.5) is 0 Å². The van der Waals surface area contributed by atoms with Gasteiger partial charge in [-0.2, -0.15) is 0 Å². The van der Waals surface area contributed by atoms with Crippen molar-refractivity contribution in [3.8, 4) is 5.75 Å². The zero-order valence-corrected chi connectivity index (χ0v) is 11.5. The van der Waals surface area contributed by atoms with Crippen molar-refractivity contribution in [1.82, 2.24) is 4.90 Å². The topological polar surface area (TPSA) is 66.8 Å². The van der Waals surface area contributed by atoms with Crippen LogP contribution in [0, 0.1) is 5.92 Å². The Balaban J connectivity index is 1.99. The van der Waals surface area contributed by atoms with E-state index in [9.17, 15) is 9.59 Å². The molecule has 0 spiro atoms. The average molecular weight is 277 g/mol. The molecule has 1 N–H and O–H groups in total. The molecule has 2 rings (SSSR count). The summed E-state index contributed by atoms with van der Waals surface area (Å²) >= 11 is 0. The number of likely N-dealkylation sites (tertiary alicyclic amines) is 1. The van der Waals surface area contributed by atoms with Crippen LogP contribution in [0.15, 0.2) is 24.3 Å². The largest absolute Gasteiger partial charge is 0.496 e. The van der Waals surface area contributed by atoms with Crippen LogP contribution >= 0.6 is 0 Å². The number of carboxylic acids is 1. The molecule has 5 heteroatoms. The summed E-state index contributed by atoms with van der Waals surface area (Å²) in [5.74, 6) is 0.0380. The van der Waals surface area contributed by atoms with Gasteiger partial charge in [-0.25, -0.2) is 0 Å². The molecular formula is C15H19NO4. The number of para-hydroxylation sites is 1. The van der Waals surface area contributed by atoms with E-state index in [1.165, 1.54) is 0 Å². The lowest BCUT2D eigenvalue weighted by molar-refractivity contribution is -0.137. The number of carboxylic acid groups (broad SMARTS) is 1. The quantitative estimate of drug-likeness (QED) is 0.894. The van der Waals surface area contributed by atoms with E-state index in [-0.39, 0.29) is 18.2 Å². The Morgan fingerprint density at radius 2 is 2.15 bits per heavy atom. The third kappa shape index (κ3) is 3.29. The lowest BCUT2D eigenvalue weighted by atomic mass is 10.0. The predicted octanol–water partition coefficient (Wildman–Crippen LogP) is 2.02. The molecule has 1 amide bonds. The molecule has 1 aromatic rings. The van der Waals surface area contributed by atoms with Crippen LogP contribution in [0.25, 0.3) is 0 Å². The Hall–Kier alpha value is -2.04. The number of hydrogen-bond acceptors (Lipinski definition) is 3. The fourth-order valence-corrected chi connectivity index (χ4v) is 2.57. The Morgan fingerprint density at radius 1 is 1.40 bits per heavy atom. The van der Waals surface area contributed by atoms with Crippen molar-refractivity contribution in [2.45, 2.75) is 19.3 Å². The summed E-state index contributed by atoms with van der Waals surface area (Å²) in [5.41, 5.74) is 0.564. The molecule has 1 aromatic carbocycles. The van der Waals surface area contributed by atoms with Gasteiger partial charge in [-0.1, -0.05) is 12.1 Å². The molecule has 1 saturated heterocycles. The van der Waals surface area contributed by atoms with E-state index < -0.39 is 5.97 Å². The zero-order valence-electron chi connectivity index (χ0n) is 11.5. The molecule has 0 aliphatic carbocycles. The molecule has 5 nitrogen and oxygen atoms in total. The van der Waals surface area contributed by atoms with Crippen molar-refractivity contribution < 1.29 is 19.4 Å². The van der Waals surface area contributed by atoms with Gasteiger partial charge in [0.15, 0.2) is 0 Å². The number of ether oxygens (including phenoxy) is 1. The fourth-order valence-electron chi connectivity index (χ4n) is 2.57. The number of amides is 1. The van der Waals surface area contributed by atoms with Crippen molar-refractivity contribution in [3.05, 3.63) is 29.8 Å². The normalized spacial score (nSPS) is 18.1. The van der Waals surface area contributed by atoms with Gasteiger partial charge in [-0.05, 0) is 30.9 Å². The summed E-state index contributed by atoms with van der Waals surface area (Å²) < 4.78 is 5.21. The molecule has 1 fully saturated rings. The zero-order chi connectivity index (χ0) is 14.5. The van der Waals surface area contributed by atoms with E-state index in [0.717, 1.165) is 6.42 Å². The van der Waals surface area contributed by atoms with E-state index >= 15 is 0 Å². The molecular weight excluding hydrogens is 258 g/mol. The molecule has 0 aromatic heterocycles. The van der Waals surface area contributed by atoms with Crippen molar-refractivity contribution in [2.75, 3.05) is 20.2 Å². The van der Waals surface area contributed by atoms with Gasteiger partial charge >= 0.3 is 5.97 Å². The van der Waals surface area contributed by atoms with Crippen LogP contribution in [0.5, 0.6) is 5.75 Å². The minimum atomic E-state index is -0.778. The van der Waals surface area contributed by atoms with Crippen molar-refractivity contribution in [1.29, 1.82) is 0 Å². The Morgan fingerprint density at radius 3 is 2.85 bits per heavy atom. The summed E-state index contributed by atoms with van der Waals surface area (Å²) in [6.45, 7) is 1.31. The summed E-state index contributed by atoms with van der Waals surface area (Å²) in [6.07, 6.45) is 1.67. The fraction of sp³-hybridized carbons (Fsp3) is 0.467. The molecule has 0 radical (unpaired) electrons. The van der Waals surface area contributed by atoms with Gasteiger partial charge in [0.25, 0.3) is 5.91 Å². The van der Waals surface area contributed by atoms with Crippen LogP contribution < -0.4 is 4.74 Å². The van der Waals surface area contributed by atoms with E-state index in [2.05, 4.69) is 0 Å². The number of rotatable bonds is 5. The predicted molar refractivity (Wildman–Crippen MR) is 73.9 cm³/mol. The van der Waals surface area contributed by atoms with Crippen LogP contribution in [-0.4, -0.2) is 42.1 Å². The van der Waals surface area contributed by atoms with Crippen molar-refractivity contribution >= 4 is 11.9 Å². The maximum atomic E-state index is 12.4. The van der Waals surface area contributed by atoms with Gasteiger partial charge in [-0.3, -0.25) is 9.59 Å². The van der Waals surface area contributed by atoms with Crippen molar-refractivity contribution in [2.24, 2.45) is 5.92 Å². The van der Waals surface area contributed by atoms with Gasteiger partial charge in [0.1, 0.15) is 5.75 Å². The van der Waals surface area contributed by atoms with E-state index in [1.807, 2.05) is 12.1 Å². The number of carbonyl (C=O) groups excluding carboxylic acids is 1. The SMILES string of the molecule is COc1ccccc1C(=O)N1CCC(CCC(=O)O)C1. The first-order chi connectivity index (χ1) is 9.61. The highest BCUT2D eigenvalue weighted by Crippen LogP contribution is 2.25. The molecule has 0 saturated carbocycles. The average Bonchev–Trinajstić information content (AvgIpc) is 2.93. The third-order valence-corrected chi connectivity index (χ3v) is 3.68. The standard InChI is InChI=1S/C15H19NO4/c1-20-13-5-3-2-4-12(13)15(19)16-9-8-11(10-16)6-7-14(17)18/h2-5,11H,6-10H2,1H3,(H,17,18). The number of methoxy groups -OCH3 is 1. The van der Waals surface area contributed by atoms with E-state index in [1.54, 1.807) is 24.1 Å². The molecule has 1 aliphatic heterocycles. The van der Waals surface area contributed by atoms with Crippen LogP contribution in [0.3, 0.4) is 0 Å². The maximum Gasteiger partial charge on any atom is 0.303 e. The molecule has 1 heterocycles. The van der Waals surface area contributed by atoms with Gasteiger partial charge in [0.2, 0.25) is 0 Å². The molecule has 20 heavy (non-hydrogen) atoms. The first-order valence-corrected chi connectivity index (χ1v) is 6.76. The number of benzene rings is 1. The van der Waals surface area contributed by atoms with E-state index in [4.69, 9.17) is 9.84 Å². The van der Waals surface area contributed by atoms with Gasteiger partial charge in [-0.15, -0.1) is 0 Å². The lowest BCUT2D eigenvalue weighted by Gasteiger charge is -2.18. The Bertz CT molecular complexity index is 500. The number of hydrogen-bond donors (Lipinski definition) is 1. The number of aliphatic carboxylic acids is 1. The summed E-state index contributed by atoms with van der Waals surface area (Å²) in [6, 6.07) is 7.17. The maximum absolute atomic E-state index is 12.4. The Kier molecular flexibility index (Phi) is 4.61. The molecule has 108 valence electrons. The smallest absolute Gasteiger partial charge is 0.303 e. The summed E-state index contributed by atoms with van der Waals surface area (Å²) in [5, 5.41) is 8.70. The van der Waals surface area contributed by atoms with Crippen LogP contribution in [-0.2, 0) is 4.79 Å². The summed E-state index contributed by atoms with van der Waals surface area (Å²) in [4.78, 5) is 24.8. The second-order valence-corrected chi connectivity index (χ2v) is 5.04. The molecule has 0 bridgehead atoms. The van der Waals surface area contributed by atoms with Crippen LogP contribution in [0.2, 0.25) is 0 Å². The highest BCUT2D eigenvalue weighted by atomic mass is 16.5. The van der Waals surface area contributed by atoms with Gasteiger partial charge < -0.3 is 14.7 Å². The number of nitrogens with zero attached hydrogens (tertiary/aromatic N) is 1. The molecule has 1 aliphatic rings. The highest BCUT2D eigenvalue weighted by Gasteiger charge is 2.28. The Labute approximate surface area is 118 Å². The lowest BCUT2D eigenvalue weighted by Crippen LogP contribution is -2.29. The van der Waals surface area contributed by atoms with E-state index in [0.29, 0.717) is 30.8 Å². The molecule has 1 atom stereocenters. The third-order valence-electron chi connectivity index (χ3n) is 3.68. The first-order valence-electron chi connectivity index (χ1n) is 6.76.